The van der Waals surface area contributed by atoms with Crippen molar-refractivity contribution in [2.45, 2.75) is 57.9 Å². The molecule has 26 heavy (non-hydrogen) atoms. The number of carbonyl (C=O) groups excluding carboxylic acids is 2. The third-order valence-electron chi connectivity index (χ3n) is 7.12. The molecule has 0 bridgehead atoms. The summed E-state index contributed by atoms with van der Waals surface area (Å²) in [6.07, 6.45) is 7.78. The molecule has 6 heteroatoms. The third kappa shape index (κ3) is 4.16. The summed E-state index contributed by atoms with van der Waals surface area (Å²) in [4.78, 5) is 30.0. The second-order valence-corrected chi connectivity index (χ2v) is 8.63. The van der Waals surface area contributed by atoms with Crippen molar-refractivity contribution in [3.05, 3.63) is 0 Å². The molecular weight excluding hydrogens is 330 g/mol. The van der Waals surface area contributed by atoms with Crippen molar-refractivity contribution in [3.63, 3.8) is 0 Å². The molecule has 0 N–H and O–H groups in total. The number of carbonyl (C=O) groups is 2. The van der Waals surface area contributed by atoms with Gasteiger partial charge in [-0.05, 0) is 63.8 Å². The van der Waals surface area contributed by atoms with Gasteiger partial charge >= 0.3 is 6.09 Å². The SMILES string of the molecule is CCN1CC(CN(C)C2CCC3(CC2)CCN(C(=O)OC)CC3)CC1=O. The topological polar surface area (TPSA) is 53.1 Å². The van der Waals surface area contributed by atoms with Gasteiger partial charge in [-0.25, -0.2) is 4.79 Å². The summed E-state index contributed by atoms with van der Waals surface area (Å²) in [5, 5.41) is 0. The van der Waals surface area contributed by atoms with Crippen molar-refractivity contribution >= 4 is 12.0 Å². The highest BCUT2D eigenvalue weighted by Gasteiger charge is 2.40. The summed E-state index contributed by atoms with van der Waals surface area (Å²) in [6.45, 7) is 6.55. The highest BCUT2D eigenvalue weighted by molar-refractivity contribution is 5.78. The molecule has 3 aliphatic rings. The van der Waals surface area contributed by atoms with E-state index in [4.69, 9.17) is 4.74 Å². The molecule has 0 aromatic rings. The first kappa shape index (κ1) is 19.5. The van der Waals surface area contributed by atoms with E-state index in [-0.39, 0.29) is 6.09 Å². The molecule has 3 rings (SSSR count). The first-order valence-corrected chi connectivity index (χ1v) is 10.3. The van der Waals surface area contributed by atoms with Crippen LogP contribution in [0, 0.1) is 11.3 Å². The van der Waals surface area contributed by atoms with Crippen LogP contribution in [-0.4, -0.2) is 79.6 Å². The van der Waals surface area contributed by atoms with E-state index in [2.05, 4.69) is 18.9 Å². The first-order valence-electron chi connectivity index (χ1n) is 10.3. The highest BCUT2D eigenvalue weighted by Crippen LogP contribution is 2.45. The van der Waals surface area contributed by atoms with Crippen LogP contribution in [0.3, 0.4) is 0 Å². The Labute approximate surface area is 157 Å². The van der Waals surface area contributed by atoms with Crippen molar-refractivity contribution in [2.24, 2.45) is 11.3 Å². The number of amides is 2. The maximum atomic E-state index is 11.9. The van der Waals surface area contributed by atoms with Crippen LogP contribution in [-0.2, 0) is 9.53 Å². The molecule has 6 nitrogen and oxygen atoms in total. The van der Waals surface area contributed by atoms with Crippen LogP contribution in [0.25, 0.3) is 0 Å². The molecule has 3 fully saturated rings. The lowest BCUT2D eigenvalue weighted by atomic mass is 9.67. The largest absolute Gasteiger partial charge is 0.453 e. The van der Waals surface area contributed by atoms with Gasteiger partial charge in [-0.15, -0.1) is 0 Å². The van der Waals surface area contributed by atoms with Crippen LogP contribution < -0.4 is 0 Å². The number of rotatable bonds is 4. The standard InChI is InChI=1S/C20H35N3O3/c1-4-22-15-16(13-18(22)24)14-21(2)17-5-7-20(8-6-17)9-11-23(12-10-20)19(25)26-3/h16-17H,4-15H2,1-3H3. The minimum Gasteiger partial charge on any atom is -0.453 e. The zero-order valence-corrected chi connectivity index (χ0v) is 16.7. The fourth-order valence-corrected chi connectivity index (χ4v) is 5.29. The number of nitrogens with zero attached hydrogens (tertiary/aromatic N) is 3. The molecule has 2 saturated heterocycles. The second kappa shape index (κ2) is 8.15. The van der Waals surface area contributed by atoms with E-state index in [1.54, 1.807) is 0 Å². The Kier molecular flexibility index (Phi) is 6.10. The van der Waals surface area contributed by atoms with Gasteiger partial charge < -0.3 is 19.4 Å². The Morgan fingerprint density at radius 2 is 1.88 bits per heavy atom. The summed E-state index contributed by atoms with van der Waals surface area (Å²) < 4.78 is 4.85. The van der Waals surface area contributed by atoms with Crippen LogP contribution in [0.4, 0.5) is 4.79 Å². The number of piperidine rings is 1. The molecule has 0 radical (unpaired) electrons. The lowest BCUT2D eigenvalue weighted by molar-refractivity contribution is -0.127. The molecule has 1 atom stereocenters. The summed E-state index contributed by atoms with van der Waals surface area (Å²) in [6, 6.07) is 0.644. The fourth-order valence-electron chi connectivity index (χ4n) is 5.29. The van der Waals surface area contributed by atoms with Gasteiger partial charge in [0.25, 0.3) is 0 Å². The molecule has 1 saturated carbocycles. The lowest BCUT2D eigenvalue weighted by Gasteiger charge is -2.47. The Hall–Kier alpha value is -1.30. The number of methoxy groups -OCH3 is 1. The van der Waals surface area contributed by atoms with E-state index < -0.39 is 0 Å². The maximum Gasteiger partial charge on any atom is 0.409 e. The number of likely N-dealkylation sites (tertiary alicyclic amines) is 2. The Morgan fingerprint density at radius 1 is 1.23 bits per heavy atom. The molecule has 1 aliphatic carbocycles. The molecule has 2 aliphatic heterocycles. The summed E-state index contributed by atoms with van der Waals surface area (Å²) in [5.74, 6) is 0.817. The van der Waals surface area contributed by atoms with Gasteiger partial charge in [0.15, 0.2) is 0 Å². The van der Waals surface area contributed by atoms with Gasteiger partial charge in [0.1, 0.15) is 0 Å². The summed E-state index contributed by atoms with van der Waals surface area (Å²) in [7, 11) is 3.70. The maximum absolute atomic E-state index is 11.9. The van der Waals surface area contributed by atoms with Crippen LogP contribution in [0.2, 0.25) is 0 Å². The first-order chi connectivity index (χ1) is 12.5. The van der Waals surface area contributed by atoms with Crippen molar-refractivity contribution in [1.29, 1.82) is 0 Å². The van der Waals surface area contributed by atoms with Crippen molar-refractivity contribution in [1.82, 2.24) is 14.7 Å². The molecule has 1 unspecified atom stereocenters. The second-order valence-electron chi connectivity index (χ2n) is 8.63. The number of ether oxygens (including phenoxy) is 1. The van der Waals surface area contributed by atoms with E-state index in [1.165, 1.54) is 32.8 Å². The molecule has 2 heterocycles. The third-order valence-corrected chi connectivity index (χ3v) is 7.12. The summed E-state index contributed by atoms with van der Waals surface area (Å²) in [5.41, 5.74) is 0.435. The van der Waals surface area contributed by atoms with Crippen LogP contribution in [0.5, 0.6) is 0 Å². The monoisotopic (exact) mass is 365 g/mol. The molecule has 1 spiro atoms. The van der Waals surface area contributed by atoms with Crippen LogP contribution in [0.15, 0.2) is 0 Å². The normalized spacial score (nSPS) is 26.8. The quantitative estimate of drug-likeness (QED) is 0.768. The fraction of sp³-hybridized carbons (Fsp3) is 0.900. The van der Waals surface area contributed by atoms with Gasteiger partial charge in [0.2, 0.25) is 5.91 Å². The molecule has 0 aromatic carbocycles. The molecule has 148 valence electrons. The average Bonchev–Trinajstić information content (AvgIpc) is 3.01. The summed E-state index contributed by atoms with van der Waals surface area (Å²) >= 11 is 0. The Morgan fingerprint density at radius 3 is 2.42 bits per heavy atom. The average molecular weight is 366 g/mol. The van der Waals surface area contributed by atoms with E-state index >= 15 is 0 Å². The minimum atomic E-state index is -0.180. The Bertz CT molecular complexity index is 506. The van der Waals surface area contributed by atoms with Gasteiger partial charge in [-0.2, -0.15) is 0 Å². The predicted molar refractivity (Wildman–Crippen MR) is 101 cm³/mol. The predicted octanol–water partition coefficient (Wildman–Crippen LogP) is 2.58. The van der Waals surface area contributed by atoms with Gasteiger partial charge in [-0.3, -0.25) is 4.79 Å². The smallest absolute Gasteiger partial charge is 0.409 e. The van der Waals surface area contributed by atoms with Crippen molar-refractivity contribution in [2.75, 3.05) is 46.9 Å². The molecular formula is C20H35N3O3. The van der Waals surface area contributed by atoms with Crippen molar-refractivity contribution < 1.29 is 14.3 Å². The van der Waals surface area contributed by atoms with E-state index in [9.17, 15) is 9.59 Å². The lowest BCUT2D eigenvalue weighted by Crippen LogP contribution is -2.47. The van der Waals surface area contributed by atoms with E-state index in [0.717, 1.165) is 52.0 Å². The van der Waals surface area contributed by atoms with Crippen LogP contribution >= 0.6 is 0 Å². The zero-order valence-electron chi connectivity index (χ0n) is 16.7. The van der Waals surface area contributed by atoms with Gasteiger partial charge in [-0.1, -0.05) is 0 Å². The van der Waals surface area contributed by atoms with Gasteiger partial charge in [0, 0.05) is 45.2 Å². The van der Waals surface area contributed by atoms with E-state index in [1.807, 2.05) is 9.80 Å². The van der Waals surface area contributed by atoms with Crippen LogP contribution in [0.1, 0.15) is 51.9 Å². The highest BCUT2D eigenvalue weighted by atomic mass is 16.5. The minimum absolute atomic E-state index is 0.180. The zero-order chi connectivity index (χ0) is 18.7. The van der Waals surface area contributed by atoms with E-state index in [0.29, 0.717) is 23.3 Å². The molecule has 0 aromatic heterocycles. The number of hydrogen-bond acceptors (Lipinski definition) is 4. The number of hydrogen-bond donors (Lipinski definition) is 0. The Balaban J connectivity index is 1.44. The molecule has 2 amide bonds. The van der Waals surface area contributed by atoms with Gasteiger partial charge in [0.05, 0.1) is 7.11 Å². The van der Waals surface area contributed by atoms with Crippen molar-refractivity contribution in [3.8, 4) is 0 Å².